The highest BCUT2D eigenvalue weighted by Gasteiger charge is 2.14. The molecule has 0 aliphatic rings. The van der Waals surface area contributed by atoms with Crippen molar-refractivity contribution < 1.29 is 19.0 Å². The summed E-state index contributed by atoms with van der Waals surface area (Å²) in [5, 5.41) is 9.70. The van der Waals surface area contributed by atoms with Gasteiger partial charge in [-0.2, -0.15) is 5.10 Å². The lowest BCUT2D eigenvalue weighted by atomic mass is 10.1. The van der Waals surface area contributed by atoms with Gasteiger partial charge in [-0.15, -0.1) is 0 Å². The Kier molecular flexibility index (Phi) is 6.21. The largest absolute Gasteiger partial charge is 0.493 e. The maximum absolute atomic E-state index is 12.4. The molecule has 2 N–H and O–H groups in total. The molecule has 30 heavy (non-hydrogen) atoms. The van der Waals surface area contributed by atoms with Gasteiger partial charge in [0.2, 0.25) is 5.75 Å². The maximum atomic E-state index is 12.4. The van der Waals surface area contributed by atoms with Crippen molar-refractivity contribution in [3.63, 3.8) is 0 Å². The molecule has 9 heteroatoms. The number of nitrogens with one attached hydrogen (secondary N) is 2. The quantitative estimate of drug-likeness (QED) is 0.647. The zero-order chi connectivity index (χ0) is 21.7. The molecule has 0 saturated heterocycles. The minimum atomic E-state index is -0.433. The number of aryl methyl sites for hydroxylation is 1. The van der Waals surface area contributed by atoms with E-state index in [1.54, 1.807) is 37.4 Å². The number of carbonyl (C=O) groups excluding carboxylic acids is 1. The van der Waals surface area contributed by atoms with Gasteiger partial charge in [0.1, 0.15) is 0 Å². The van der Waals surface area contributed by atoms with Gasteiger partial charge in [-0.05, 0) is 18.2 Å². The first-order valence-corrected chi connectivity index (χ1v) is 8.98. The van der Waals surface area contributed by atoms with Gasteiger partial charge in [0.25, 0.3) is 5.56 Å². The van der Waals surface area contributed by atoms with Crippen LogP contribution in [0, 0.1) is 0 Å². The molecule has 9 nitrogen and oxygen atoms in total. The zero-order valence-electron chi connectivity index (χ0n) is 17.1. The molecule has 0 aliphatic heterocycles. The molecule has 3 rings (SSSR count). The number of hydrogen-bond acceptors (Lipinski definition) is 6. The van der Waals surface area contributed by atoms with Gasteiger partial charge in [0.05, 0.1) is 32.7 Å². The van der Waals surface area contributed by atoms with Crippen LogP contribution in [0.1, 0.15) is 0 Å². The monoisotopic (exact) mass is 410 g/mol. The maximum Gasteiger partial charge on any atom is 0.323 e. The van der Waals surface area contributed by atoms with E-state index in [1.807, 2.05) is 12.1 Å². The summed E-state index contributed by atoms with van der Waals surface area (Å²) in [6, 6.07) is 13.1. The van der Waals surface area contributed by atoms with E-state index >= 15 is 0 Å². The molecule has 2 aromatic carbocycles. The number of ether oxygens (including phenoxy) is 3. The number of methoxy groups -OCH3 is 3. The summed E-state index contributed by atoms with van der Waals surface area (Å²) in [5.41, 5.74) is 2.37. The Labute approximate surface area is 173 Å². The van der Waals surface area contributed by atoms with E-state index in [1.165, 1.54) is 32.1 Å². The summed E-state index contributed by atoms with van der Waals surface area (Å²) in [4.78, 5) is 23.9. The Balaban J connectivity index is 1.72. The van der Waals surface area contributed by atoms with Crippen LogP contribution < -0.4 is 30.4 Å². The third-order valence-corrected chi connectivity index (χ3v) is 4.32. The summed E-state index contributed by atoms with van der Waals surface area (Å²) < 4.78 is 17.1. The van der Waals surface area contributed by atoms with Crippen molar-refractivity contribution in [1.82, 2.24) is 9.78 Å². The van der Waals surface area contributed by atoms with E-state index in [4.69, 9.17) is 14.2 Å². The second-order valence-corrected chi connectivity index (χ2v) is 6.25. The Morgan fingerprint density at radius 3 is 2.00 bits per heavy atom. The molecule has 0 aliphatic carbocycles. The molecule has 1 heterocycles. The van der Waals surface area contributed by atoms with E-state index in [0.29, 0.717) is 34.3 Å². The van der Waals surface area contributed by atoms with Gasteiger partial charge >= 0.3 is 6.03 Å². The second kappa shape index (κ2) is 8.99. The van der Waals surface area contributed by atoms with Gasteiger partial charge in [-0.1, -0.05) is 12.1 Å². The van der Waals surface area contributed by atoms with Gasteiger partial charge in [0.15, 0.2) is 11.5 Å². The fourth-order valence-corrected chi connectivity index (χ4v) is 2.83. The van der Waals surface area contributed by atoms with E-state index in [2.05, 4.69) is 15.7 Å². The average molecular weight is 410 g/mol. The number of aromatic nitrogens is 2. The first-order chi connectivity index (χ1) is 14.4. The summed E-state index contributed by atoms with van der Waals surface area (Å²) in [5.74, 6) is 1.30. The van der Waals surface area contributed by atoms with Gasteiger partial charge in [-0.25, -0.2) is 9.48 Å². The molecule has 0 radical (unpaired) electrons. The highest BCUT2D eigenvalue weighted by Crippen LogP contribution is 2.39. The van der Waals surface area contributed by atoms with Crippen molar-refractivity contribution in [2.75, 3.05) is 32.0 Å². The molecule has 1 aromatic heterocycles. The van der Waals surface area contributed by atoms with E-state index in [9.17, 15) is 9.59 Å². The van der Waals surface area contributed by atoms with Crippen LogP contribution >= 0.6 is 0 Å². The summed E-state index contributed by atoms with van der Waals surface area (Å²) in [7, 11) is 6.11. The summed E-state index contributed by atoms with van der Waals surface area (Å²) >= 11 is 0. The summed E-state index contributed by atoms with van der Waals surface area (Å²) in [6.45, 7) is 0. The van der Waals surface area contributed by atoms with Crippen LogP contribution in [0.25, 0.3) is 11.3 Å². The molecule has 0 bridgehead atoms. The number of rotatable bonds is 6. The Bertz CT molecular complexity index is 1080. The number of amides is 2. The topological polar surface area (TPSA) is 104 Å². The number of carbonyl (C=O) groups is 1. The minimum absolute atomic E-state index is 0.180. The van der Waals surface area contributed by atoms with Crippen LogP contribution in [0.5, 0.6) is 17.2 Å². The van der Waals surface area contributed by atoms with Gasteiger partial charge < -0.3 is 24.8 Å². The fraction of sp³-hybridized carbons (Fsp3) is 0.190. The molecular formula is C21H22N4O5. The Morgan fingerprint density at radius 1 is 0.867 bits per heavy atom. The van der Waals surface area contributed by atoms with Crippen LogP contribution in [-0.2, 0) is 7.05 Å². The molecule has 156 valence electrons. The molecule has 3 aromatic rings. The lowest BCUT2D eigenvalue weighted by Crippen LogP contribution is -2.19. The Morgan fingerprint density at radius 2 is 1.47 bits per heavy atom. The third-order valence-electron chi connectivity index (χ3n) is 4.32. The minimum Gasteiger partial charge on any atom is -0.493 e. The molecular weight excluding hydrogens is 388 g/mol. The first-order valence-electron chi connectivity index (χ1n) is 8.98. The number of urea groups is 1. The smallest absolute Gasteiger partial charge is 0.323 e. The SMILES string of the molecule is COc1cc(NC(=O)Nc2ccc(-c3ccc(=O)n(C)n3)cc2)cc(OC)c1OC. The fourth-order valence-electron chi connectivity index (χ4n) is 2.83. The van der Waals surface area contributed by atoms with Crippen molar-refractivity contribution >= 4 is 17.4 Å². The highest BCUT2D eigenvalue weighted by atomic mass is 16.5. The standard InChI is InChI=1S/C21H22N4O5/c1-25-19(26)10-9-16(24-25)13-5-7-14(8-6-13)22-21(27)23-15-11-17(28-2)20(30-4)18(12-15)29-3/h5-12H,1-4H3,(H2,22,23,27). The van der Waals surface area contributed by atoms with Gasteiger partial charge in [-0.3, -0.25) is 4.79 Å². The Hall–Kier alpha value is -4.01. The molecule has 0 spiro atoms. The van der Waals surface area contributed by atoms with Crippen molar-refractivity contribution in [2.24, 2.45) is 7.05 Å². The molecule has 0 saturated carbocycles. The van der Waals surface area contributed by atoms with Crippen molar-refractivity contribution in [3.05, 3.63) is 58.9 Å². The number of anilines is 2. The van der Waals surface area contributed by atoms with Crippen LogP contribution in [0.4, 0.5) is 16.2 Å². The summed E-state index contributed by atoms with van der Waals surface area (Å²) in [6.07, 6.45) is 0. The molecule has 0 atom stereocenters. The normalized spacial score (nSPS) is 10.3. The molecule has 2 amide bonds. The van der Waals surface area contributed by atoms with Crippen LogP contribution in [0.3, 0.4) is 0 Å². The van der Waals surface area contributed by atoms with Crippen molar-refractivity contribution in [1.29, 1.82) is 0 Å². The van der Waals surface area contributed by atoms with E-state index < -0.39 is 6.03 Å². The zero-order valence-corrected chi connectivity index (χ0v) is 17.1. The van der Waals surface area contributed by atoms with Crippen LogP contribution in [0.2, 0.25) is 0 Å². The number of benzene rings is 2. The predicted molar refractivity (Wildman–Crippen MR) is 114 cm³/mol. The number of nitrogens with zero attached hydrogens (tertiary/aromatic N) is 2. The third kappa shape index (κ3) is 4.52. The van der Waals surface area contributed by atoms with Gasteiger partial charge in [0, 0.05) is 36.5 Å². The van der Waals surface area contributed by atoms with Crippen LogP contribution in [0.15, 0.2) is 53.3 Å². The second-order valence-electron chi connectivity index (χ2n) is 6.25. The lowest BCUT2D eigenvalue weighted by Gasteiger charge is -2.15. The van der Waals surface area contributed by atoms with Crippen molar-refractivity contribution in [3.8, 4) is 28.5 Å². The average Bonchev–Trinajstić information content (AvgIpc) is 2.75. The lowest BCUT2D eigenvalue weighted by molar-refractivity contribution is 0.262. The first kappa shape index (κ1) is 20.7. The number of hydrogen-bond donors (Lipinski definition) is 2. The van der Waals surface area contributed by atoms with Crippen molar-refractivity contribution in [2.45, 2.75) is 0 Å². The highest BCUT2D eigenvalue weighted by molar-refractivity contribution is 6.00. The van der Waals surface area contributed by atoms with E-state index in [-0.39, 0.29) is 5.56 Å². The van der Waals surface area contributed by atoms with E-state index in [0.717, 1.165) is 5.56 Å². The predicted octanol–water partition coefficient (Wildman–Crippen LogP) is 3.12. The molecule has 0 unspecified atom stereocenters. The van der Waals surface area contributed by atoms with Crippen LogP contribution in [-0.4, -0.2) is 37.1 Å². The molecule has 0 fully saturated rings.